The van der Waals surface area contributed by atoms with Gasteiger partial charge in [-0.15, -0.1) is 5.10 Å². The molecule has 0 aliphatic carbocycles. The summed E-state index contributed by atoms with van der Waals surface area (Å²) in [5.74, 6) is -1.16. The van der Waals surface area contributed by atoms with Crippen molar-refractivity contribution in [3.05, 3.63) is 82.3 Å². The third-order valence-corrected chi connectivity index (χ3v) is 7.89. The van der Waals surface area contributed by atoms with Crippen LogP contribution in [-0.4, -0.2) is 42.5 Å². The van der Waals surface area contributed by atoms with Crippen molar-refractivity contribution in [3.8, 4) is 0 Å². The van der Waals surface area contributed by atoms with Crippen LogP contribution in [0.1, 0.15) is 12.5 Å². The predicted molar refractivity (Wildman–Crippen MR) is 142 cm³/mol. The molecule has 36 heavy (non-hydrogen) atoms. The number of anilines is 1. The zero-order valence-corrected chi connectivity index (χ0v) is 21.5. The van der Waals surface area contributed by atoms with E-state index in [0.717, 1.165) is 22.3 Å². The Bertz CT molecular complexity index is 1550. The van der Waals surface area contributed by atoms with Crippen LogP contribution in [0.2, 0.25) is 0 Å². The van der Waals surface area contributed by atoms with Gasteiger partial charge in [-0.05, 0) is 42.6 Å². The molecule has 4 N–H and O–H groups in total. The lowest BCUT2D eigenvalue weighted by Gasteiger charge is -2.21. The number of nitrogens with zero attached hydrogens (tertiary/aromatic N) is 1. The summed E-state index contributed by atoms with van der Waals surface area (Å²) in [6.45, 7) is 1.50. The minimum Gasteiger partial charge on any atom is -0.343 e. The molecule has 3 aromatic carbocycles. The Hall–Kier alpha value is -3.45. The molecule has 0 bridgehead atoms. The third kappa shape index (κ3) is 6.21. The van der Waals surface area contributed by atoms with Crippen molar-refractivity contribution in [2.24, 2.45) is 0 Å². The van der Waals surface area contributed by atoms with Gasteiger partial charge in [-0.3, -0.25) is 20.0 Å². The van der Waals surface area contributed by atoms with E-state index in [0.29, 0.717) is 9.34 Å². The summed E-state index contributed by atoms with van der Waals surface area (Å²) in [7, 11) is -4.09. The van der Waals surface area contributed by atoms with Gasteiger partial charge >= 0.3 is 0 Å². The smallest absolute Gasteiger partial charge is 0.248 e. The lowest BCUT2D eigenvalue weighted by molar-refractivity contribution is -0.127. The molecular weight excluding hydrogens is 518 g/mol. The maximum atomic E-state index is 13.4. The van der Waals surface area contributed by atoms with E-state index in [-0.39, 0.29) is 16.4 Å². The molecule has 0 unspecified atom stereocenters. The lowest BCUT2D eigenvalue weighted by atomic mass is 10.1. The molecule has 0 aliphatic heterocycles. The molecule has 0 saturated carbocycles. The van der Waals surface area contributed by atoms with Gasteiger partial charge in [-0.2, -0.15) is 4.72 Å². The Kier molecular flexibility index (Phi) is 7.89. The highest BCUT2D eigenvalue weighted by Crippen LogP contribution is 2.23. The Labute approximate surface area is 217 Å². The zero-order chi connectivity index (χ0) is 25.7. The van der Waals surface area contributed by atoms with Gasteiger partial charge in [0.15, 0.2) is 3.95 Å². The van der Waals surface area contributed by atoms with Crippen LogP contribution in [0.15, 0.2) is 77.7 Å². The highest BCUT2D eigenvalue weighted by atomic mass is 32.2. The summed E-state index contributed by atoms with van der Waals surface area (Å²) in [6.07, 6.45) is 0.0890. The fraction of sp³-hybridized carbons (Fsp3) is 0.167. The summed E-state index contributed by atoms with van der Waals surface area (Å²) in [5, 5.41) is 13.2. The monoisotopic (exact) mass is 541 g/mol. The summed E-state index contributed by atoms with van der Waals surface area (Å²) in [6, 6.07) is 19.0. The van der Waals surface area contributed by atoms with Crippen molar-refractivity contribution < 1.29 is 18.0 Å². The van der Waals surface area contributed by atoms with E-state index in [4.69, 9.17) is 12.2 Å². The first-order valence-corrected chi connectivity index (χ1v) is 13.6. The second-order valence-electron chi connectivity index (χ2n) is 7.98. The quantitative estimate of drug-likeness (QED) is 0.240. The van der Waals surface area contributed by atoms with Gasteiger partial charge in [-0.1, -0.05) is 78.1 Å². The number of H-pyrrole nitrogens is 1. The minimum absolute atomic E-state index is 0.0667. The number of benzene rings is 3. The first kappa shape index (κ1) is 25.6. The number of amides is 2. The highest BCUT2D eigenvalue weighted by Gasteiger charge is 2.29. The van der Waals surface area contributed by atoms with Crippen molar-refractivity contribution in [3.63, 3.8) is 0 Å². The molecule has 1 heterocycles. The van der Waals surface area contributed by atoms with E-state index in [1.54, 1.807) is 42.5 Å². The number of carbonyl (C=O) groups excluding carboxylic acids is 2. The minimum atomic E-state index is -4.09. The summed E-state index contributed by atoms with van der Waals surface area (Å²) >= 11 is 6.03. The van der Waals surface area contributed by atoms with Crippen LogP contribution < -0.4 is 15.4 Å². The number of sulfonamides is 1. The van der Waals surface area contributed by atoms with Crippen molar-refractivity contribution in [1.29, 1.82) is 0 Å². The zero-order valence-electron chi connectivity index (χ0n) is 19.1. The molecule has 2 atom stereocenters. The summed E-state index contributed by atoms with van der Waals surface area (Å²) < 4.78 is 29.8. The van der Waals surface area contributed by atoms with E-state index < -0.39 is 33.9 Å². The fourth-order valence-electron chi connectivity index (χ4n) is 3.59. The van der Waals surface area contributed by atoms with Gasteiger partial charge in [-0.25, -0.2) is 8.42 Å². The molecule has 186 valence electrons. The van der Waals surface area contributed by atoms with Gasteiger partial charge in [0, 0.05) is 5.39 Å². The van der Waals surface area contributed by atoms with Crippen LogP contribution in [0.25, 0.3) is 10.8 Å². The molecule has 0 spiro atoms. The van der Waals surface area contributed by atoms with Crippen molar-refractivity contribution in [1.82, 2.24) is 20.2 Å². The standard InChI is InChI=1S/C24H23N5O4S3/c1-15(21(30)26-23-27-28-24(34)35-23)25-22(31)19(14-16-8-3-2-4-9-16)29-36(32,33)20-13-7-11-17-10-5-6-12-18(17)20/h2-13,15,19,29H,14H2,1H3,(H,25,31)(H,28,34)(H,26,27,30)/t15-,19-/m0/s1. The highest BCUT2D eigenvalue weighted by molar-refractivity contribution is 7.89. The first-order chi connectivity index (χ1) is 17.2. The van der Waals surface area contributed by atoms with Crippen LogP contribution in [0, 0.1) is 3.95 Å². The van der Waals surface area contributed by atoms with Gasteiger partial charge in [0.25, 0.3) is 0 Å². The summed E-state index contributed by atoms with van der Waals surface area (Å²) in [5.41, 5.74) is 0.756. The molecular formula is C24H23N5O4S3. The van der Waals surface area contributed by atoms with Gasteiger partial charge in [0.2, 0.25) is 27.0 Å². The van der Waals surface area contributed by atoms with Crippen LogP contribution in [-0.2, 0) is 26.0 Å². The molecule has 1 aromatic heterocycles. The van der Waals surface area contributed by atoms with E-state index in [1.807, 2.05) is 24.3 Å². The Morgan fingerprint density at radius 3 is 2.42 bits per heavy atom. The van der Waals surface area contributed by atoms with E-state index in [9.17, 15) is 18.0 Å². The van der Waals surface area contributed by atoms with Gasteiger partial charge < -0.3 is 5.32 Å². The third-order valence-electron chi connectivity index (χ3n) is 5.36. The number of nitrogens with one attached hydrogen (secondary N) is 4. The Balaban J connectivity index is 1.57. The predicted octanol–water partition coefficient (Wildman–Crippen LogP) is 3.39. The number of hydrogen-bond acceptors (Lipinski definition) is 7. The SMILES string of the molecule is C[C@H](NC(=O)[C@H](Cc1ccccc1)NS(=O)(=O)c1cccc2ccccc12)C(=O)Nc1n[nH]c(=S)s1. The van der Waals surface area contributed by atoms with Crippen LogP contribution >= 0.6 is 23.6 Å². The molecule has 0 fully saturated rings. The topological polar surface area (TPSA) is 133 Å². The number of aromatic nitrogens is 2. The van der Waals surface area contributed by atoms with Gasteiger partial charge in [0.05, 0.1) is 4.90 Å². The molecule has 0 aliphatic rings. The average Bonchev–Trinajstić information content (AvgIpc) is 3.28. The first-order valence-electron chi connectivity index (χ1n) is 10.9. The lowest BCUT2D eigenvalue weighted by Crippen LogP contribution is -2.52. The molecule has 4 aromatic rings. The van der Waals surface area contributed by atoms with Crippen LogP contribution in [0.4, 0.5) is 5.13 Å². The Morgan fingerprint density at radius 2 is 1.69 bits per heavy atom. The summed E-state index contributed by atoms with van der Waals surface area (Å²) in [4.78, 5) is 25.8. The fourth-order valence-corrected chi connectivity index (χ4v) is 5.81. The average molecular weight is 542 g/mol. The van der Waals surface area contributed by atoms with Crippen LogP contribution in [0.5, 0.6) is 0 Å². The van der Waals surface area contributed by atoms with Crippen LogP contribution in [0.3, 0.4) is 0 Å². The van der Waals surface area contributed by atoms with E-state index >= 15 is 0 Å². The molecule has 2 amide bonds. The molecule has 12 heteroatoms. The molecule has 0 saturated heterocycles. The molecule has 9 nitrogen and oxygen atoms in total. The number of rotatable bonds is 9. The largest absolute Gasteiger partial charge is 0.343 e. The van der Waals surface area contributed by atoms with Gasteiger partial charge in [0.1, 0.15) is 12.1 Å². The Morgan fingerprint density at radius 1 is 1.00 bits per heavy atom. The van der Waals surface area contributed by atoms with Crippen molar-refractivity contribution >= 4 is 61.3 Å². The van der Waals surface area contributed by atoms with Crippen molar-refractivity contribution in [2.45, 2.75) is 30.3 Å². The number of fused-ring (bicyclic) bond motifs is 1. The van der Waals surface area contributed by atoms with E-state index in [1.165, 1.54) is 13.0 Å². The number of hydrogen-bond donors (Lipinski definition) is 4. The maximum Gasteiger partial charge on any atom is 0.248 e. The normalized spacial score (nSPS) is 13.1. The number of carbonyl (C=O) groups is 2. The number of aromatic amines is 1. The molecule has 0 radical (unpaired) electrons. The van der Waals surface area contributed by atoms with Crippen molar-refractivity contribution in [2.75, 3.05) is 5.32 Å². The maximum absolute atomic E-state index is 13.4. The van der Waals surface area contributed by atoms with E-state index in [2.05, 4.69) is 25.6 Å². The second-order valence-corrected chi connectivity index (χ2v) is 11.3. The molecule has 4 rings (SSSR count). The second kappa shape index (κ2) is 11.1.